The monoisotopic (exact) mass is 837 g/mol. The molecule has 0 amide bonds. The molecule has 0 saturated heterocycles. The molecule has 2 rings (SSSR count). The Morgan fingerprint density at radius 3 is 1.31 bits per heavy atom. The predicted molar refractivity (Wildman–Crippen MR) is 214 cm³/mol. The highest BCUT2D eigenvalue weighted by Gasteiger charge is 2.13. The average Bonchev–Trinajstić information content (AvgIpc) is 3.07. The third kappa shape index (κ3) is 28.7. The first-order valence-electron chi connectivity index (χ1n) is 20.3. The quantitative estimate of drug-likeness (QED) is 0.0546. The number of ether oxygens (including phenoxy) is 2. The van der Waals surface area contributed by atoms with E-state index in [-0.39, 0.29) is 34.0 Å². The van der Waals surface area contributed by atoms with Gasteiger partial charge in [-0.2, -0.15) is 0 Å². The van der Waals surface area contributed by atoms with Crippen molar-refractivity contribution in [3.63, 3.8) is 0 Å². The minimum absolute atomic E-state index is 0. The second-order valence-electron chi connectivity index (χ2n) is 16.1. The fourth-order valence-corrected chi connectivity index (χ4v) is 6.25. The van der Waals surface area contributed by atoms with Crippen LogP contribution in [0, 0.1) is 0 Å². The summed E-state index contributed by atoms with van der Waals surface area (Å²) < 4.78 is 13.9. The normalized spacial score (nSPS) is 11.7. The molecule has 0 atom stereocenters. The third-order valence-electron chi connectivity index (χ3n) is 9.65. The van der Waals surface area contributed by atoms with Gasteiger partial charge >= 0.3 is 0 Å². The van der Waals surface area contributed by atoms with Crippen molar-refractivity contribution in [1.29, 1.82) is 0 Å². The molecule has 0 aliphatic rings. The third-order valence-corrected chi connectivity index (χ3v) is 9.65. The van der Waals surface area contributed by atoms with Crippen LogP contribution in [0.4, 0.5) is 5.69 Å². The number of nitrogens with zero attached hydrogens (tertiary/aromatic N) is 3. The number of benzene rings is 2. The molecule has 0 bridgehead atoms. The van der Waals surface area contributed by atoms with Gasteiger partial charge in [-0.1, -0.05) is 103 Å². The van der Waals surface area contributed by atoms with E-state index in [0.29, 0.717) is 6.61 Å². The molecule has 0 radical (unpaired) electrons. The van der Waals surface area contributed by atoms with E-state index in [9.17, 15) is 0 Å². The van der Waals surface area contributed by atoms with Crippen LogP contribution in [0.1, 0.15) is 141 Å². The molecule has 0 unspecified atom stereocenters. The van der Waals surface area contributed by atoms with E-state index in [0.717, 1.165) is 46.8 Å². The fraction of sp³-hybridized carbons (Fsp3) is 0.705. The molecule has 0 spiro atoms. The lowest BCUT2D eigenvalue weighted by Crippen LogP contribution is -3.00. The summed E-state index contributed by atoms with van der Waals surface area (Å²) >= 11 is 0. The van der Waals surface area contributed by atoms with Crippen LogP contribution in [0.3, 0.4) is 0 Å². The Kier molecular flexibility index (Phi) is 30.1. The van der Waals surface area contributed by atoms with Gasteiger partial charge in [0.2, 0.25) is 0 Å². The lowest BCUT2D eigenvalue weighted by molar-refractivity contribution is -0.890. The minimum Gasteiger partial charge on any atom is -1.00 e. The SMILES string of the molecule is CCCCCCCCCCCC[N+](C)(C)CCCCCCCCCCCCOc1ccc(C=Nc2ccc(OCC[N+](C)(C)C)cc2)cc1.[Br-].[Br-]. The topological polar surface area (TPSA) is 30.8 Å². The van der Waals surface area contributed by atoms with Gasteiger partial charge in [0.05, 0.1) is 60.6 Å². The standard InChI is InChI=1S/C44H77N3O2.2BrH/c1-7-8-9-10-11-12-15-18-21-24-35-47(5,6)36-25-22-19-16-13-14-17-20-23-26-38-48-43-31-27-41(28-32-43)40-45-42-29-33-44(34-30-42)49-39-37-46(2,3)4;;/h27-34,40H,7-26,35-39H2,1-6H3;2*1H/q+2;;/p-2. The molecule has 0 aliphatic heterocycles. The van der Waals surface area contributed by atoms with Crippen LogP contribution < -0.4 is 43.4 Å². The van der Waals surface area contributed by atoms with Gasteiger partial charge in [-0.15, -0.1) is 0 Å². The molecule has 0 aromatic heterocycles. The largest absolute Gasteiger partial charge is 1.00 e. The van der Waals surface area contributed by atoms with Gasteiger partial charge in [-0.05, 0) is 86.2 Å². The van der Waals surface area contributed by atoms with E-state index in [1.54, 1.807) is 0 Å². The summed E-state index contributed by atoms with van der Waals surface area (Å²) in [4.78, 5) is 4.61. The molecule has 0 aliphatic carbocycles. The van der Waals surface area contributed by atoms with Crippen molar-refractivity contribution in [3.05, 3.63) is 54.1 Å². The van der Waals surface area contributed by atoms with E-state index in [2.05, 4.69) is 59.3 Å². The first kappa shape index (κ1) is 49.6. The summed E-state index contributed by atoms with van der Waals surface area (Å²) in [6.45, 7) is 7.48. The number of aliphatic imine (C=N–C) groups is 1. The highest BCUT2D eigenvalue weighted by Crippen LogP contribution is 2.19. The Bertz CT molecular complexity index is 1090. The Labute approximate surface area is 336 Å². The van der Waals surface area contributed by atoms with E-state index < -0.39 is 0 Å². The predicted octanol–water partition coefficient (Wildman–Crippen LogP) is 5.81. The zero-order valence-electron chi connectivity index (χ0n) is 33.8. The van der Waals surface area contributed by atoms with E-state index in [1.807, 2.05) is 42.6 Å². The highest BCUT2D eigenvalue weighted by atomic mass is 79.9. The zero-order chi connectivity index (χ0) is 35.5. The maximum absolute atomic E-state index is 5.99. The number of unbranched alkanes of at least 4 members (excludes halogenated alkanes) is 18. The molecule has 0 heterocycles. The summed E-state index contributed by atoms with van der Waals surface area (Å²) in [6.07, 6.45) is 29.7. The van der Waals surface area contributed by atoms with Crippen molar-refractivity contribution in [2.75, 3.05) is 68.1 Å². The molecule has 0 fully saturated rings. The van der Waals surface area contributed by atoms with Crippen molar-refractivity contribution in [2.45, 2.75) is 135 Å². The van der Waals surface area contributed by atoms with E-state index in [4.69, 9.17) is 9.47 Å². The maximum Gasteiger partial charge on any atom is 0.137 e. The maximum atomic E-state index is 5.99. The van der Waals surface area contributed by atoms with Crippen molar-refractivity contribution in [2.24, 2.45) is 4.99 Å². The lowest BCUT2D eigenvalue weighted by Gasteiger charge is -2.30. The van der Waals surface area contributed by atoms with Crippen molar-refractivity contribution in [1.82, 2.24) is 0 Å². The van der Waals surface area contributed by atoms with Crippen LogP contribution in [-0.2, 0) is 0 Å². The molecular weight excluding hydrogens is 762 g/mol. The summed E-state index contributed by atoms with van der Waals surface area (Å²) in [5.41, 5.74) is 1.99. The molecule has 7 heteroatoms. The van der Waals surface area contributed by atoms with Crippen molar-refractivity contribution < 1.29 is 52.4 Å². The summed E-state index contributed by atoms with van der Waals surface area (Å²) in [6, 6.07) is 16.2. The number of likely N-dealkylation sites (N-methyl/N-ethyl adjacent to an activating group) is 1. The molecule has 2 aromatic rings. The fourth-order valence-electron chi connectivity index (χ4n) is 6.25. The smallest absolute Gasteiger partial charge is 0.137 e. The first-order valence-corrected chi connectivity index (χ1v) is 20.3. The Balaban J connectivity index is 0.0000125. The number of hydrogen-bond donors (Lipinski definition) is 0. The highest BCUT2D eigenvalue weighted by molar-refractivity contribution is 5.82. The van der Waals surface area contributed by atoms with Crippen LogP contribution in [0.2, 0.25) is 0 Å². The van der Waals surface area contributed by atoms with Gasteiger partial charge in [0.25, 0.3) is 0 Å². The number of quaternary nitrogens is 2. The van der Waals surface area contributed by atoms with Gasteiger partial charge in [-0.3, -0.25) is 4.99 Å². The second-order valence-corrected chi connectivity index (χ2v) is 16.1. The average molecular weight is 840 g/mol. The van der Waals surface area contributed by atoms with Gasteiger partial charge in [0.15, 0.2) is 0 Å². The zero-order valence-corrected chi connectivity index (χ0v) is 37.0. The van der Waals surface area contributed by atoms with E-state index in [1.165, 1.54) is 140 Å². The molecule has 0 N–H and O–H groups in total. The Morgan fingerprint density at radius 1 is 0.471 bits per heavy atom. The van der Waals surface area contributed by atoms with Crippen molar-refractivity contribution in [3.8, 4) is 11.5 Å². The molecule has 294 valence electrons. The summed E-state index contributed by atoms with van der Waals surface area (Å²) in [5.74, 6) is 1.83. The van der Waals surface area contributed by atoms with Gasteiger partial charge < -0.3 is 52.4 Å². The molecule has 51 heavy (non-hydrogen) atoms. The van der Waals surface area contributed by atoms with Crippen LogP contribution >= 0.6 is 0 Å². The second kappa shape index (κ2) is 31.0. The van der Waals surface area contributed by atoms with E-state index >= 15 is 0 Å². The van der Waals surface area contributed by atoms with Crippen LogP contribution in [0.25, 0.3) is 0 Å². The Hall–Kier alpha value is -1.41. The van der Waals surface area contributed by atoms with Crippen LogP contribution in [0.15, 0.2) is 53.5 Å². The van der Waals surface area contributed by atoms with Crippen molar-refractivity contribution >= 4 is 11.9 Å². The van der Waals surface area contributed by atoms with Gasteiger partial charge in [0.1, 0.15) is 24.7 Å². The molecule has 0 saturated carbocycles. The Morgan fingerprint density at radius 2 is 0.863 bits per heavy atom. The van der Waals surface area contributed by atoms with Gasteiger partial charge in [-0.25, -0.2) is 0 Å². The molecule has 2 aromatic carbocycles. The number of hydrogen-bond acceptors (Lipinski definition) is 3. The number of rotatable bonds is 31. The molecule has 5 nitrogen and oxygen atoms in total. The van der Waals surface area contributed by atoms with Gasteiger partial charge in [0, 0.05) is 6.21 Å². The van der Waals surface area contributed by atoms with Crippen LogP contribution in [0.5, 0.6) is 11.5 Å². The van der Waals surface area contributed by atoms with Crippen LogP contribution in [-0.4, -0.2) is 83.3 Å². The summed E-state index contributed by atoms with van der Waals surface area (Å²) in [5, 5.41) is 0. The minimum atomic E-state index is 0. The number of halogens is 2. The lowest BCUT2D eigenvalue weighted by atomic mass is 10.1. The summed E-state index contributed by atoms with van der Waals surface area (Å²) in [7, 11) is 11.4. The first-order chi connectivity index (χ1) is 23.7. The molecular formula is C44H77Br2N3O2.